The van der Waals surface area contributed by atoms with E-state index in [-0.39, 0.29) is 31.0 Å². The summed E-state index contributed by atoms with van der Waals surface area (Å²) < 4.78 is 29.0. The number of carbonyl (C=O) groups is 1. The predicted molar refractivity (Wildman–Crippen MR) is 107 cm³/mol. The van der Waals surface area contributed by atoms with E-state index in [1.807, 2.05) is 6.07 Å². The summed E-state index contributed by atoms with van der Waals surface area (Å²) in [5.41, 5.74) is 1.09. The first-order chi connectivity index (χ1) is 13.7. The maximum Gasteiger partial charge on any atom is 0.257 e. The summed E-state index contributed by atoms with van der Waals surface area (Å²) in [7, 11) is 0. The number of nitrogens with zero attached hydrogens (tertiary/aromatic N) is 2. The number of anilines is 1. The molecule has 1 amide bonds. The topological polar surface area (TPSA) is 78.1 Å². The highest BCUT2D eigenvalue weighted by molar-refractivity contribution is 5.93. The van der Waals surface area contributed by atoms with Crippen molar-refractivity contribution in [2.75, 3.05) is 18.4 Å². The predicted octanol–water partition coefficient (Wildman–Crippen LogP) is 3.35. The van der Waals surface area contributed by atoms with Crippen LogP contribution >= 0.6 is 0 Å². The van der Waals surface area contributed by atoms with Gasteiger partial charge in [-0.2, -0.15) is 0 Å². The Morgan fingerprint density at radius 3 is 2.62 bits per heavy atom. The molecular weight excluding hydrogens is 378 g/mol. The maximum atomic E-state index is 14.5. The normalized spacial score (nSPS) is 20.4. The molecule has 2 atom stereocenters. The number of rotatable bonds is 5. The molecule has 2 aromatic rings. The van der Waals surface area contributed by atoms with E-state index >= 15 is 0 Å². The Hall–Kier alpha value is -2.61. The smallest absolute Gasteiger partial charge is 0.257 e. The van der Waals surface area contributed by atoms with Crippen LogP contribution in [-0.2, 0) is 4.79 Å². The van der Waals surface area contributed by atoms with Crippen molar-refractivity contribution in [3.8, 4) is 0 Å². The SMILES string of the molecule is CC(C)c1ccc(NC(=O)C(C)N2CCC(F)(F)[C@@H](c3ccc(=O)[nH]c3)C2)nc1. The van der Waals surface area contributed by atoms with Gasteiger partial charge < -0.3 is 10.3 Å². The van der Waals surface area contributed by atoms with Crippen molar-refractivity contribution in [1.82, 2.24) is 14.9 Å². The molecule has 1 fully saturated rings. The minimum Gasteiger partial charge on any atom is -0.329 e. The summed E-state index contributed by atoms with van der Waals surface area (Å²) in [6, 6.07) is 5.72. The number of amides is 1. The maximum absolute atomic E-state index is 14.5. The number of aromatic nitrogens is 2. The second-order valence-electron chi connectivity index (χ2n) is 7.84. The van der Waals surface area contributed by atoms with Gasteiger partial charge in [0.05, 0.1) is 12.0 Å². The molecule has 1 aliphatic heterocycles. The molecule has 6 nitrogen and oxygen atoms in total. The molecule has 1 saturated heterocycles. The molecule has 1 unspecified atom stereocenters. The molecule has 156 valence electrons. The zero-order valence-corrected chi connectivity index (χ0v) is 16.8. The van der Waals surface area contributed by atoms with Gasteiger partial charge in [0.1, 0.15) is 5.82 Å². The third-order valence-corrected chi connectivity index (χ3v) is 5.50. The molecule has 2 N–H and O–H groups in total. The van der Waals surface area contributed by atoms with Gasteiger partial charge in [-0.3, -0.25) is 14.5 Å². The average molecular weight is 404 g/mol. The van der Waals surface area contributed by atoms with E-state index in [1.165, 1.54) is 18.3 Å². The highest BCUT2D eigenvalue weighted by Gasteiger charge is 2.46. The van der Waals surface area contributed by atoms with Crippen LogP contribution in [0.15, 0.2) is 41.5 Å². The number of halogens is 2. The second-order valence-corrected chi connectivity index (χ2v) is 7.84. The molecule has 8 heteroatoms. The molecule has 1 aliphatic rings. The van der Waals surface area contributed by atoms with Gasteiger partial charge in [-0.15, -0.1) is 0 Å². The standard InChI is InChI=1S/C21H26F2N4O2/c1-13(2)15-4-6-18(24-10-15)26-20(29)14(3)27-9-8-21(22,23)17(12-27)16-5-7-19(28)25-11-16/h4-7,10-11,13-14,17H,8-9,12H2,1-3H3,(H,25,28)(H,24,26,29)/t14?,17-/m1/s1. The number of likely N-dealkylation sites (tertiary alicyclic amines) is 1. The number of H-pyrrole nitrogens is 1. The van der Waals surface area contributed by atoms with Crippen LogP contribution < -0.4 is 10.9 Å². The Morgan fingerprint density at radius 1 is 1.28 bits per heavy atom. The monoisotopic (exact) mass is 404 g/mol. The third kappa shape index (κ3) is 4.87. The molecule has 3 heterocycles. The quantitative estimate of drug-likeness (QED) is 0.801. The summed E-state index contributed by atoms with van der Waals surface area (Å²) in [5, 5.41) is 2.76. The van der Waals surface area contributed by atoms with Crippen molar-refractivity contribution in [3.05, 3.63) is 58.1 Å². The van der Waals surface area contributed by atoms with Gasteiger partial charge in [0.2, 0.25) is 11.5 Å². The summed E-state index contributed by atoms with van der Waals surface area (Å²) in [6.07, 6.45) is 2.70. The van der Waals surface area contributed by atoms with Gasteiger partial charge in [-0.25, -0.2) is 13.8 Å². The van der Waals surface area contributed by atoms with Gasteiger partial charge >= 0.3 is 0 Å². The van der Waals surface area contributed by atoms with Crippen molar-refractivity contribution in [3.63, 3.8) is 0 Å². The Morgan fingerprint density at radius 2 is 2.03 bits per heavy atom. The average Bonchev–Trinajstić information content (AvgIpc) is 2.68. The Bertz CT molecular complexity index is 891. The molecule has 0 aromatic carbocycles. The van der Waals surface area contributed by atoms with Crippen LogP contribution in [0.3, 0.4) is 0 Å². The fourth-order valence-corrected chi connectivity index (χ4v) is 3.48. The van der Waals surface area contributed by atoms with Crippen molar-refractivity contribution in [1.29, 1.82) is 0 Å². The summed E-state index contributed by atoms with van der Waals surface area (Å²) in [4.78, 5) is 32.3. The number of aromatic amines is 1. The first-order valence-electron chi connectivity index (χ1n) is 9.74. The molecule has 0 radical (unpaired) electrons. The lowest BCUT2D eigenvalue weighted by atomic mass is 9.87. The molecular formula is C21H26F2N4O2. The summed E-state index contributed by atoms with van der Waals surface area (Å²) >= 11 is 0. The largest absolute Gasteiger partial charge is 0.329 e. The first kappa shape index (κ1) is 21.1. The number of hydrogen-bond donors (Lipinski definition) is 2. The van der Waals surface area contributed by atoms with E-state index in [0.717, 1.165) is 5.56 Å². The van der Waals surface area contributed by atoms with Crippen LogP contribution in [0, 0.1) is 0 Å². The first-order valence-corrected chi connectivity index (χ1v) is 9.74. The van der Waals surface area contributed by atoms with Crippen LogP contribution in [-0.4, -0.2) is 45.8 Å². The minimum atomic E-state index is -2.90. The third-order valence-electron chi connectivity index (χ3n) is 5.50. The zero-order chi connectivity index (χ0) is 21.2. The molecule has 3 rings (SSSR count). The van der Waals surface area contributed by atoms with E-state index in [9.17, 15) is 18.4 Å². The van der Waals surface area contributed by atoms with E-state index in [2.05, 4.69) is 29.1 Å². The molecule has 29 heavy (non-hydrogen) atoms. The number of pyridine rings is 2. The molecule has 0 aliphatic carbocycles. The van der Waals surface area contributed by atoms with E-state index in [1.54, 1.807) is 24.1 Å². The van der Waals surface area contributed by atoms with Gasteiger partial charge in [0, 0.05) is 38.0 Å². The lowest BCUT2D eigenvalue weighted by molar-refractivity contribution is -0.125. The molecule has 0 spiro atoms. The number of carbonyl (C=O) groups excluding carboxylic acids is 1. The van der Waals surface area contributed by atoms with Crippen LogP contribution in [0.2, 0.25) is 0 Å². The number of alkyl halides is 2. The van der Waals surface area contributed by atoms with Crippen LogP contribution in [0.1, 0.15) is 50.2 Å². The molecule has 0 bridgehead atoms. The van der Waals surface area contributed by atoms with E-state index in [0.29, 0.717) is 17.3 Å². The summed E-state index contributed by atoms with van der Waals surface area (Å²) in [5.74, 6) is -3.51. The Balaban J connectivity index is 1.69. The lowest BCUT2D eigenvalue weighted by Crippen LogP contribution is -2.52. The Labute approximate surface area is 168 Å². The van der Waals surface area contributed by atoms with Crippen molar-refractivity contribution in [2.24, 2.45) is 0 Å². The number of nitrogens with one attached hydrogen (secondary N) is 2. The van der Waals surface area contributed by atoms with Crippen LogP contribution in [0.5, 0.6) is 0 Å². The fourth-order valence-electron chi connectivity index (χ4n) is 3.48. The minimum absolute atomic E-state index is 0.0212. The van der Waals surface area contributed by atoms with Crippen molar-refractivity contribution >= 4 is 11.7 Å². The van der Waals surface area contributed by atoms with Crippen molar-refractivity contribution in [2.45, 2.75) is 51.0 Å². The van der Waals surface area contributed by atoms with Crippen molar-refractivity contribution < 1.29 is 13.6 Å². The highest BCUT2D eigenvalue weighted by Crippen LogP contribution is 2.40. The number of piperidine rings is 1. The summed E-state index contributed by atoms with van der Waals surface area (Å²) in [6.45, 7) is 5.95. The van der Waals surface area contributed by atoms with E-state index in [4.69, 9.17) is 0 Å². The van der Waals surface area contributed by atoms with E-state index < -0.39 is 17.9 Å². The highest BCUT2D eigenvalue weighted by atomic mass is 19.3. The second kappa shape index (κ2) is 8.41. The molecule has 0 saturated carbocycles. The number of hydrogen-bond acceptors (Lipinski definition) is 4. The van der Waals surface area contributed by atoms with Gasteiger partial charge in [-0.05, 0) is 30.0 Å². The van der Waals surface area contributed by atoms with Crippen LogP contribution in [0.25, 0.3) is 0 Å². The Kier molecular flexibility index (Phi) is 6.12. The molecule has 2 aromatic heterocycles. The lowest BCUT2D eigenvalue weighted by Gasteiger charge is -2.40. The van der Waals surface area contributed by atoms with Crippen LogP contribution in [0.4, 0.5) is 14.6 Å². The fraction of sp³-hybridized carbons (Fsp3) is 0.476. The van der Waals surface area contributed by atoms with Gasteiger partial charge in [0.15, 0.2) is 0 Å². The van der Waals surface area contributed by atoms with Gasteiger partial charge in [-0.1, -0.05) is 26.0 Å². The van der Waals surface area contributed by atoms with Gasteiger partial charge in [0.25, 0.3) is 5.92 Å². The zero-order valence-electron chi connectivity index (χ0n) is 16.8.